The summed E-state index contributed by atoms with van der Waals surface area (Å²) in [4.78, 5) is 29.7. The molecule has 2 amide bonds. The van der Waals surface area contributed by atoms with Crippen molar-refractivity contribution < 1.29 is 14.3 Å². The fraction of sp³-hybridized carbons (Fsp3) is 0.619. The first kappa shape index (κ1) is 17.4. The van der Waals surface area contributed by atoms with Crippen molar-refractivity contribution in [1.29, 1.82) is 0 Å². The number of carbonyl (C=O) groups excluding carboxylic acids is 2. The molecule has 1 aromatic rings. The third kappa shape index (κ3) is 3.57. The van der Waals surface area contributed by atoms with Gasteiger partial charge in [-0.25, -0.2) is 0 Å². The number of amides is 2. The van der Waals surface area contributed by atoms with Gasteiger partial charge in [-0.3, -0.25) is 9.59 Å². The molecule has 4 aliphatic rings. The van der Waals surface area contributed by atoms with Crippen LogP contribution in [0.5, 0.6) is 5.75 Å². The van der Waals surface area contributed by atoms with Crippen LogP contribution in [0.25, 0.3) is 0 Å². The molecule has 5 rings (SSSR count). The predicted molar refractivity (Wildman–Crippen MR) is 98.8 cm³/mol. The predicted octanol–water partition coefficient (Wildman–Crippen LogP) is 2.49. The van der Waals surface area contributed by atoms with E-state index in [0.717, 1.165) is 30.7 Å². The lowest BCUT2D eigenvalue weighted by molar-refractivity contribution is -0.140. The minimum absolute atomic E-state index is 0.00251. The van der Waals surface area contributed by atoms with E-state index in [1.807, 2.05) is 29.2 Å². The van der Waals surface area contributed by atoms with Crippen molar-refractivity contribution in [2.75, 3.05) is 26.7 Å². The van der Waals surface area contributed by atoms with Gasteiger partial charge in [0, 0.05) is 32.1 Å². The average molecular weight is 356 g/mol. The summed E-state index contributed by atoms with van der Waals surface area (Å²) in [7, 11) is 1.66. The maximum absolute atomic E-state index is 12.8. The normalized spacial score (nSPS) is 25.3. The van der Waals surface area contributed by atoms with Crippen molar-refractivity contribution >= 4 is 11.8 Å². The Kier molecular flexibility index (Phi) is 4.88. The third-order valence-corrected chi connectivity index (χ3v) is 6.10. The summed E-state index contributed by atoms with van der Waals surface area (Å²) in [6.45, 7) is 2.21. The number of aryl methyl sites for hydroxylation is 1. The Morgan fingerprint density at radius 3 is 2.73 bits per heavy atom. The molecule has 5 heteroatoms. The first-order valence-corrected chi connectivity index (χ1v) is 9.86. The number of nitrogens with zero attached hydrogens (tertiary/aromatic N) is 2. The molecule has 0 unspecified atom stereocenters. The molecule has 0 aromatic heterocycles. The van der Waals surface area contributed by atoms with Gasteiger partial charge in [-0.2, -0.15) is 0 Å². The molecule has 5 nitrogen and oxygen atoms in total. The molecule has 1 aromatic carbocycles. The van der Waals surface area contributed by atoms with Crippen LogP contribution in [0, 0.1) is 11.8 Å². The van der Waals surface area contributed by atoms with E-state index in [-0.39, 0.29) is 23.8 Å². The molecule has 3 saturated heterocycles. The molecular weight excluding hydrogens is 328 g/mol. The van der Waals surface area contributed by atoms with E-state index in [4.69, 9.17) is 4.74 Å². The SMILES string of the molecule is COc1ccccc1CCC(=O)N1C[C@H]2CC[C@@H](C1)N(CC1CC1)C2=O. The van der Waals surface area contributed by atoms with Gasteiger partial charge >= 0.3 is 0 Å². The van der Waals surface area contributed by atoms with Gasteiger partial charge in [0.25, 0.3) is 0 Å². The Labute approximate surface area is 155 Å². The molecule has 2 bridgehead atoms. The quantitative estimate of drug-likeness (QED) is 0.787. The molecule has 1 aliphatic carbocycles. The number of piperidine rings is 1. The largest absolute Gasteiger partial charge is 0.496 e. The number of fused-ring (bicyclic) bond motifs is 4. The summed E-state index contributed by atoms with van der Waals surface area (Å²) in [6.07, 6.45) is 5.62. The molecule has 0 radical (unpaired) electrons. The molecule has 1 saturated carbocycles. The first-order valence-electron chi connectivity index (χ1n) is 9.86. The molecule has 26 heavy (non-hydrogen) atoms. The summed E-state index contributed by atoms with van der Waals surface area (Å²) in [5, 5.41) is 0. The zero-order valence-corrected chi connectivity index (χ0v) is 15.5. The molecule has 4 fully saturated rings. The minimum atomic E-state index is 0.00251. The lowest BCUT2D eigenvalue weighted by Gasteiger charge is -2.36. The van der Waals surface area contributed by atoms with Crippen LogP contribution >= 0.6 is 0 Å². The van der Waals surface area contributed by atoms with E-state index >= 15 is 0 Å². The summed E-state index contributed by atoms with van der Waals surface area (Å²) in [5.41, 5.74) is 1.06. The summed E-state index contributed by atoms with van der Waals surface area (Å²) < 4.78 is 5.38. The molecule has 3 aliphatic heterocycles. The highest BCUT2D eigenvalue weighted by Gasteiger charge is 2.43. The van der Waals surface area contributed by atoms with Crippen LogP contribution in [0.15, 0.2) is 24.3 Å². The molecule has 3 heterocycles. The van der Waals surface area contributed by atoms with Gasteiger partial charge in [0.1, 0.15) is 5.75 Å². The maximum Gasteiger partial charge on any atom is 0.227 e. The zero-order valence-electron chi connectivity index (χ0n) is 15.5. The maximum atomic E-state index is 12.8. The van der Waals surface area contributed by atoms with Gasteiger partial charge in [-0.1, -0.05) is 18.2 Å². The molecule has 2 atom stereocenters. The monoisotopic (exact) mass is 356 g/mol. The number of methoxy groups -OCH3 is 1. The van der Waals surface area contributed by atoms with Crippen molar-refractivity contribution in [3.05, 3.63) is 29.8 Å². The molecule has 0 N–H and O–H groups in total. The number of carbonyl (C=O) groups is 2. The van der Waals surface area contributed by atoms with Crippen molar-refractivity contribution in [3.63, 3.8) is 0 Å². The van der Waals surface area contributed by atoms with Gasteiger partial charge in [-0.15, -0.1) is 0 Å². The van der Waals surface area contributed by atoms with Gasteiger partial charge in [0.2, 0.25) is 11.8 Å². The number of hydrogen-bond donors (Lipinski definition) is 0. The van der Waals surface area contributed by atoms with Gasteiger partial charge in [-0.05, 0) is 49.7 Å². The highest BCUT2D eigenvalue weighted by molar-refractivity contribution is 5.83. The van der Waals surface area contributed by atoms with Crippen LogP contribution in [0.4, 0.5) is 0 Å². The van der Waals surface area contributed by atoms with Crippen LogP contribution in [0.2, 0.25) is 0 Å². The standard InChI is InChI=1S/C21H28N2O3/c1-26-19-5-3-2-4-16(19)9-11-20(24)22-13-17-8-10-18(14-22)23(21(17)25)12-15-6-7-15/h2-5,15,17-18H,6-14H2,1H3/t17-,18+/m1/s1. The lowest BCUT2D eigenvalue weighted by Crippen LogP contribution is -2.48. The van der Waals surface area contributed by atoms with Gasteiger partial charge in [0.05, 0.1) is 13.0 Å². The molecule has 140 valence electrons. The number of hydrogen-bond acceptors (Lipinski definition) is 3. The second kappa shape index (κ2) is 7.29. The molecule has 0 spiro atoms. The van der Waals surface area contributed by atoms with Crippen LogP contribution in [0.1, 0.15) is 37.7 Å². The van der Waals surface area contributed by atoms with Gasteiger partial charge < -0.3 is 14.5 Å². The Balaban J connectivity index is 1.40. The highest BCUT2D eigenvalue weighted by Crippen LogP contribution is 2.35. The van der Waals surface area contributed by atoms with Gasteiger partial charge in [0.15, 0.2) is 0 Å². The minimum Gasteiger partial charge on any atom is -0.496 e. The van der Waals surface area contributed by atoms with Crippen LogP contribution < -0.4 is 4.74 Å². The second-order valence-electron chi connectivity index (χ2n) is 7.97. The van der Waals surface area contributed by atoms with E-state index in [1.54, 1.807) is 7.11 Å². The summed E-state index contributed by atoms with van der Waals surface area (Å²) >= 11 is 0. The lowest BCUT2D eigenvalue weighted by atomic mass is 9.94. The first-order chi connectivity index (χ1) is 12.7. The number of para-hydroxylation sites is 1. The number of rotatable bonds is 6. The topological polar surface area (TPSA) is 49.9 Å². The Bertz CT molecular complexity index is 686. The zero-order chi connectivity index (χ0) is 18.1. The Morgan fingerprint density at radius 1 is 1.15 bits per heavy atom. The van der Waals surface area contributed by atoms with Crippen LogP contribution in [-0.4, -0.2) is 54.4 Å². The van der Waals surface area contributed by atoms with Crippen molar-refractivity contribution in [2.45, 2.75) is 44.6 Å². The summed E-state index contributed by atoms with van der Waals surface area (Å²) in [6, 6.07) is 8.08. The Hall–Kier alpha value is -2.04. The number of ether oxygens (including phenoxy) is 1. The number of benzene rings is 1. The van der Waals surface area contributed by atoms with E-state index in [2.05, 4.69) is 4.90 Å². The molecular formula is C21H28N2O3. The highest BCUT2D eigenvalue weighted by atomic mass is 16.5. The fourth-order valence-electron chi connectivity index (χ4n) is 4.37. The fourth-order valence-corrected chi connectivity index (χ4v) is 4.37. The smallest absolute Gasteiger partial charge is 0.227 e. The van der Waals surface area contributed by atoms with Crippen molar-refractivity contribution in [3.8, 4) is 5.75 Å². The van der Waals surface area contributed by atoms with Crippen molar-refractivity contribution in [1.82, 2.24) is 9.80 Å². The Morgan fingerprint density at radius 2 is 1.96 bits per heavy atom. The second-order valence-corrected chi connectivity index (χ2v) is 7.97. The van der Waals surface area contributed by atoms with Crippen LogP contribution in [-0.2, 0) is 16.0 Å². The average Bonchev–Trinajstić information content (AvgIpc) is 3.50. The van der Waals surface area contributed by atoms with Crippen molar-refractivity contribution in [2.24, 2.45) is 11.8 Å². The van der Waals surface area contributed by atoms with E-state index in [0.29, 0.717) is 31.8 Å². The van der Waals surface area contributed by atoms with E-state index < -0.39 is 0 Å². The van der Waals surface area contributed by atoms with E-state index in [9.17, 15) is 9.59 Å². The third-order valence-electron chi connectivity index (χ3n) is 6.10. The van der Waals surface area contributed by atoms with E-state index in [1.165, 1.54) is 12.8 Å². The summed E-state index contributed by atoms with van der Waals surface area (Å²) in [5.74, 6) is 1.99. The van der Waals surface area contributed by atoms with Crippen LogP contribution in [0.3, 0.4) is 0 Å².